The Kier molecular flexibility index (Phi) is 7.61. The highest BCUT2D eigenvalue weighted by molar-refractivity contribution is 7.13. The zero-order valence-corrected chi connectivity index (χ0v) is 21.2. The van der Waals surface area contributed by atoms with E-state index in [1.165, 1.54) is 0 Å². The second-order valence-electron chi connectivity index (χ2n) is 8.48. The lowest BCUT2D eigenvalue weighted by Gasteiger charge is -2.35. The van der Waals surface area contributed by atoms with Crippen molar-refractivity contribution in [3.8, 4) is 6.07 Å². The van der Waals surface area contributed by atoms with Gasteiger partial charge in [0.1, 0.15) is 6.29 Å². The Balaban J connectivity index is 0.000000325. The normalized spacial score (nSPS) is 12.8. The number of amides is 1. The Labute approximate surface area is 213 Å². The highest BCUT2D eigenvalue weighted by Crippen LogP contribution is 2.29. The lowest BCUT2D eigenvalue weighted by atomic mass is 10.0. The Bertz CT molecular complexity index is 1410. The third-order valence-electron chi connectivity index (χ3n) is 5.89. The monoisotopic (exact) mass is 501 g/mol. The van der Waals surface area contributed by atoms with E-state index < -0.39 is 0 Å². The molecular weight excluding hydrogens is 474 g/mol. The fraction of sp³-hybridized carbons (Fsp3) is 0.269. The number of nitrogens with zero attached hydrogens (tertiary/aromatic N) is 5. The fourth-order valence-electron chi connectivity index (χ4n) is 3.92. The molecule has 3 aromatic heterocycles. The molecule has 0 bridgehead atoms. The van der Waals surface area contributed by atoms with E-state index >= 15 is 0 Å². The maximum Gasteiger partial charge on any atom is 0.255 e. The number of aryl methyl sites for hydroxylation is 2. The lowest BCUT2D eigenvalue weighted by Crippen LogP contribution is -2.49. The van der Waals surface area contributed by atoms with E-state index in [4.69, 9.17) is 5.26 Å². The number of nitrogens with one attached hydrogen (secondary N) is 2. The van der Waals surface area contributed by atoms with Crippen LogP contribution in [0.25, 0.3) is 5.52 Å². The Morgan fingerprint density at radius 1 is 1.25 bits per heavy atom. The molecule has 1 amide bonds. The number of carbonyl (C=O) groups is 2. The summed E-state index contributed by atoms with van der Waals surface area (Å²) in [4.78, 5) is 29.2. The molecule has 1 aliphatic heterocycles. The molecule has 1 aliphatic rings. The Hall–Kier alpha value is -4.23. The summed E-state index contributed by atoms with van der Waals surface area (Å²) in [7, 11) is 1.87. The molecule has 0 spiro atoms. The number of nitriles is 1. The summed E-state index contributed by atoms with van der Waals surface area (Å²) in [6.07, 6.45) is 4.70. The third-order valence-corrected chi connectivity index (χ3v) is 6.87. The van der Waals surface area contributed by atoms with Crippen molar-refractivity contribution in [3.63, 3.8) is 0 Å². The van der Waals surface area contributed by atoms with Crippen LogP contribution >= 0.6 is 11.3 Å². The highest BCUT2D eigenvalue weighted by Gasteiger charge is 2.32. The molecule has 0 radical (unpaired) electrons. The van der Waals surface area contributed by atoms with Crippen molar-refractivity contribution in [1.29, 1.82) is 5.26 Å². The fourth-order valence-corrected chi connectivity index (χ4v) is 4.57. The summed E-state index contributed by atoms with van der Waals surface area (Å²) >= 11 is 1.63. The molecule has 1 saturated heterocycles. The van der Waals surface area contributed by atoms with Gasteiger partial charge in [0.05, 0.1) is 34.4 Å². The van der Waals surface area contributed by atoms with E-state index in [0.29, 0.717) is 25.1 Å². The van der Waals surface area contributed by atoms with Gasteiger partial charge >= 0.3 is 0 Å². The molecule has 4 heterocycles. The van der Waals surface area contributed by atoms with Gasteiger partial charge in [0.15, 0.2) is 5.13 Å². The summed E-state index contributed by atoms with van der Waals surface area (Å²) in [5.74, 6) is -0.141. The van der Waals surface area contributed by atoms with Gasteiger partial charge in [-0.15, -0.1) is 11.3 Å². The third kappa shape index (κ3) is 5.37. The molecule has 1 aromatic carbocycles. The number of rotatable bonds is 6. The first-order valence-electron chi connectivity index (χ1n) is 11.5. The SMILES string of the molecule is CNc1nc(C)cs1.Cc1c(C(=O)N2CC(C#N)C2)cn2nccc(Nc3ccc(CC=O)cc3)c12. The number of hydrogen-bond acceptors (Lipinski definition) is 8. The van der Waals surface area contributed by atoms with E-state index in [2.05, 4.69) is 26.8 Å². The van der Waals surface area contributed by atoms with Crippen LogP contribution in [0.3, 0.4) is 0 Å². The summed E-state index contributed by atoms with van der Waals surface area (Å²) in [5.41, 5.74) is 6.04. The number of aromatic nitrogens is 3. The van der Waals surface area contributed by atoms with Gasteiger partial charge in [0.25, 0.3) is 5.91 Å². The van der Waals surface area contributed by atoms with Crippen LogP contribution in [0.5, 0.6) is 0 Å². The lowest BCUT2D eigenvalue weighted by molar-refractivity contribution is -0.107. The first-order valence-corrected chi connectivity index (χ1v) is 12.4. The van der Waals surface area contributed by atoms with Crippen molar-refractivity contribution in [1.82, 2.24) is 19.5 Å². The average molecular weight is 502 g/mol. The maximum atomic E-state index is 12.8. The number of hydrogen-bond donors (Lipinski definition) is 2. The van der Waals surface area contributed by atoms with Crippen molar-refractivity contribution in [2.24, 2.45) is 5.92 Å². The van der Waals surface area contributed by atoms with Crippen LogP contribution in [0.15, 0.2) is 48.1 Å². The number of carbonyl (C=O) groups excluding carboxylic acids is 2. The van der Waals surface area contributed by atoms with Crippen molar-refractivity contribution in [3.05, 3.63) is 70.5 Å². The summed E-state index contributed by atoms with van der Waals surface area (Å²) in [5, 5.41) is 22.6. The quantitative estimate of drug-likeness (QED) is 0.380. The van der Waals surface area contributed by atoms with Gasteiger partial charge in [-0.05, 0) is 43.2 Å². The van der Waals surface area contributed by atoms with Crippen molar-refractivity contribution >= 4 is 45.6 Å². The molecule has 0 aliphatic carbocycles. The Morgan fingerprint density at radius 3 is 2.58 bits per heavy atom. The van der Waals surface area contributed by atoms with Crippen LogP contribution in [0.2, 0.25) is 0 Å². The largest absolute Gasteiger partial charge is 0.365 e. The molecule has 4 aromatic rings. The smallest absolute Gasteiger partial charge is 0.255 e. The summed E-state index contributed by atoms with van der Waals surface area (Å²) in [6, 6.07) is 11.7. The van der Waals surface area contributed by atoms with Crippen LogP contribution < -0.4 is 10.6 Å². The molecule has 9 nitrogen and oxygen atoms in total. The van der Waals surface area contributed by atoms with Gasteiger partial charge in [-0.3, -0.25) is 4.79 Å². The van der Waals surface area contributed by atoms with E-state index in [1.54, 1.807) is 33.1 Å². The number of likely N-dealkylation sites (tertiary alicyclic amines) is 1. The number of anilines is 3. The predicted molar refractivity (Wildman–Crippen MR) is 141 cm³/mol. The molecule has 1 fully saturated rings. The summed E-state index contributed by atoms with van der Waals surface area (Å²) in [6.45, 7) is 4.85. The van der Waals surface area contributed by atoms with Gasteiger partial charge in [0.2, 0.25) is 0 Å². The molecular formula is C26H27N7O2S. The minimum atomic E-state index is -0.0707. The number of fused-ring (bicyclic) bond motifs is 1. The van der Waals surface area contributed by atoms with Crippen molar-refractivity contribution < 1.29 is 9.59 Å². The van der Waals surface area contributed by atoms with Crippen molar-refractivity contribution in [2.75, 3.05) is 30.8 Å². The summed E-state index contributed by atoms with van der Waals surface area (Å²) < 4.78 is 1.70. The van der Waals surface area contributed by atoms with Gasteiger partial charge in [-0.25, -0.2) is 9.50 Å². The zero-order chi connectivity index (χ0) is 25.7. The Morgan fingerprint density at radius 2 is 2.00 bits per heavy atom. The van der Waals surface area contributed by atoms with Gasteiger partial charge in [-0.1, -0.05) is 12.1 Å². The van der Waals surface area contributed by atoms with E-state index in [0.717, 1.165) is 45.1 Å². The zero-order valence-electron chi connectivity index (χ0n) is 20.4. The maximum absolute atomic E-state index is 12.8. The van der Waals surface area contributed by atoms with Gasteiger partial charge in [-0.2, -0.15) is 10.4 Å². The number of thiazole rings is 1. The van der Waals surface area contributed by atoms with E-state index in [1.807, 2.05) is 56.6 Å². The van der Waals surface area contributed by atoms with Crippen LogP contribution in [0, 0.1) is 31.1 Å². The average Bonchev–Trinajstić information content (AvgIpc) is 3.43. The first kappa shape index (κ1) is 24.9. The number of aldehydes is 1. The standard InChI is InChI=1S/C21H19N5O2.C5H8N2S/c1-14-18(21(28)25-11-16(10-22)12-25)13-26-20(14)19(6-8-23-26)24-17-4-2-15(3-5-17)7-9-27;1-4-3-8-5(6-2)7-4/h2-6,8-9,13,16,24H,7,11-12H2,1H3;3H,1-2H3,(H,6,7). The molecule has 36 heavy (non-hydrogen) atoms. The van der Waals surface area contributed by atoms with Crippen LogP contribution in [0.1, 0.15) is 27.2 Å². The van der Waals surface area contributed by atoms with E-state index in [-0.39, 0.29) is 11.8 Å². The molecule has 184 valence electrons. The molecule has 10 heteroatoms. The topological polar surface area (TPSA) is 115 Å². The highest BCUT2D eigenvalue weighted by atomic mass is 32.1. The van der Waals surface area contributed by atoms with E-state index in [9.17, 15) is 9.59 Å². The van der Waals surface area contributed by atoms with Crippen molar-refractivity contribution in [2.45, 2.75) is 20.3 Å². The second kappa shape index (κ2) is 11.0. The predicted octanol–water partition coefficient (Wildman–Crippen LogP) is 4.22. The molecule has 5 rings (SSSR count). The first-order chi connectivity index (χ1) is 17.4. The van der Waals surface area contributed by atoms with Crippen LogP contribution in [-0.2, 0) is 11.2 Å². The minimum absolute atomic E-state index is 0.0705. The molecule has 2 N–H and O–H groups in total. The molecule has 0 saturated carbocycles. The second-order valence-corrected chi connectivity index (χ2v) is 9.34. The van der Waals surface area contributed by atoms with Crippen LogP contribution in [-0.4, -0.2) is 51.8 Å². The minimum Gasteiger partial charge on any atom is -0.365 e. The van der Waals surface area contributed by atoms with Gasteiger partial charge < -0.3 is 20.3 Å². The molecule has 0 atom stereocenters. The number of benzene rings is 1. The molecule has 0 unspecified atom stereocenters. The van der Waals surface area contributed by atoms with Crippen LogP contribution in [0.4, 0.5) is 16.5 Å². The van der Waals surface area contributed by atoms with Gasteiger partial charge in [0, 0.05) is 50.0 Å².